The molecule has 0 spiro atoms. The van der Waals surface area contributed by atoms with Crippen LogP contribution in [-0.2, 0) is 9.53 Å². The molecule has 1 atom stereocenters. The van der Waals surface area contributed by atoms with Crippen LogP contribution < -0.4 is 5.32 Å². The Balaban J connectivity index is 1.59. The number of hydrogen-bond donors (Lipinski definition) is 1. The van der Waals surface area contributed by atoms with Crippen molar-refractivity contribution in [2.45, 2.75) is 18.9 Å². The highest BCUT2D eigenvalue weighted by Gasteiger charge is 2.23. The number of aromatic nitrogens is 1. The number of hydrogen-bond acceptors (Lipinski definition) is 4. The average molecular weight is 308 g/mol. The largest absolute Gasteiger partial charge is 0.436 e. The fourth-order valence-electron chi connectivity index (χ4n) is 2.71. The normalized spacial score (nSPS) is 17.5. The van der Waals surface area contributed by atoms with Crippen molar-refractivity contribution in [2.24, 2.45) is 0 Å². The van der Waals surface area contributed by atoms with E-state index in [-0.39, 0.29) is 12.0 Å². The predicted octanol–water partition coefficient (Wildman–Crippen LogP) is 3.61. The molecule has 2 aromatic carbocycles. The number of benzene rings is 2. The Labute approximate surface area is 133 Å². The maximum Gasteiger partial charge on any atom is 0.253 e. The number of carbonyl (C=O) groups is 1. The van der Waals surface area contributed by atoms with Crippen molar-refractivity contribution in [1.82, 2.24) is 4.98 Å². The minimum Gasteiger partial charge on any atom is -0.436 e. The third-order valence-electron chi connectivity index (χ3n) is 3.90. The fraction of sp³-hybridized carbons (Fsp3) is 0.222. The fourth-order valence-corrected chi connectivity index (χ4v) is 2.71. The number of rotatable bonds is 3. The number of nitrogens with zero attached hydrogens (tertiary/aromatic N) is 1. The lowest BCUT2D eigenvalue weighted by molar-refractivity contribution is -0.124. The molecule has 1 aliphatic heterocycles. The van der Waals surface area contributed by atoms with E-state index in [9.17, 15) is 4.79 Å². The van der Waals surface area contributed by atoms with Gasteiger partial charge in [-0.1, -0.05) is 18.2 Å². The van der Waals surface area contributed by atoms with Crippen LogP contribution in [0.5, 0.6) is 0 Å². The summed E-state index contributed by atoms with van der Waals surface area (Å²) >= 11 is 0. The van der Waals surface area contributed by atoms with Crippen LogP contribution in [0.4, 0.5) is 5.69 Å². The Kier molecular flexibility index (Phi) is 3.55. The van der Waals surface area contributed by atoms with E-state index < -0.39 is 0 Å². The van der Waals surface area contributed by atoms with Crippen LogP contribution in [0.3, 0.4) is 0 Å². The lowest BCUT2D eigenvalue weighted by atomic mass is 10.2. The molecule has 5 heteroatoms. The van der Waals surface area contributed by atoms with Crippen LogP contribution >= 0.6 is 0 Å². The van der Waals surface area contributed by atoms with E-state index in [1.807, 2.05) is 42.5 Å². The molecule has 0 radical (unpaired) electrons. The van der Waals surface area contributed by atoms with Gasteiger partial charge in [0.15, 0.2) is 5.58 Å². The SMILES string of the molecule is O=C(Nc1ccc2nc(-c3ccccc3)oc2c1)[C@@H]1CCCO1. The summed E-state index contributed by atoms with van der Waals surface area (Å²) in [5.74, 6) is 0.466. The molecule has 1 aromatic heterocycles. The first-order chi connectivity index (χ1) is 11.3. The molecule has 1 amide bonds. The molecular formula is C18H16N2O3. The van der Waals surface area contributed by atoms with E-state index in [2.05, 4.69) is 10.3 Å². The molecule has 1 aliphatic rings. The van der Waals surface area contributed by atoms with E-state index in [4.69, 9.17) is 9.15 Å². The van der Waals surface area contributed by atoms with Gasteiger partial charge in [0.1, 0.15) is 11.6 Å². The van der Waals surface area contributed by atoms with Crippen molar-refractivity contribution in [3.63, 3.8) is 0 Å². The molecule has 0 bridgehead atoms. The van der Waals surface area contributed by atoms with Crippen molar-refractivity contribution < 1.29 is 13.9 Å². The third kappa shape index (κ3) is 2.83. The van der Waals surface area contributed by atoms with Crippen molar-refractivity contribution in [2.75, 3.05) is 11.9 Å². The van der Waals surface area contributed by atoms with Gasteiger partial charge in [0, 0.05) is 23.9 Å². The van der Waals surface area contributed by atoms with Gasteiger partial charge < -0.3 is 14.5 Å². The third-order valence-corrected chi connectivity index (χ3v) is 3.90. The summed E-state index contributed by atoms with van der Waals surface area (Å²) in [6.07, 6.45) is 1.36. The van der Waals surface area contributed by atoms with Gasteiger partial charge in [-0.25, -0.2) is 4.98 Å². The zero-order valence-electron chi connectivity index (χ0n) is 12.5. The van der Waals surface area contributed by atoms with Crippen LogP contribution in [0, 0.1) is 0 Å². The molecule has 23 heavy (non-hydrogen) atoms. The first-order valence-corrected chi connectivity index (χ1v) is 7.68. The molecule has 0 unspecified atom stereocenters. The van der Waals surface area contributed by atoms with Crippen molar-refractivity contribution in [3.8, 4) is 11.5 Å². The van der Waals surface area contributed by atoms with Crippen LogP contribution in [0.2, 0.25) is 0 Å². The molecule has 3 aromatic rings. The monoisotopic (exact) mass is 308 g/mol. The number of ether oxygens (including phenoxy) is 1. The van der Waals surface area contributed by atoms with E-state index >= 15 is 0 Å². The van der Waals surface area contributed by atoms with Gasteiger partial charge in [-0.2, -0.15) is 0 Å². The number of oxazole rings is 1. The molecule has 1 N–H and O–H groups in total. The highest BCUT2D eigenvalue weighted by Crippen LogP contribution is 2.26. The van der Waals surface area contributed by atoms with Crippen molar-refractivity contribution in [1.29, 1.82) is 0 Å². The second-order valence-electron chi connectivity index (χ2n) is 5.56. The van der Waals surface area contributed by atoms with Crippen molar-refractivity contribution >= 4 is 22.7 Å². The Morgan fingerprint density at radius 3 is 2.83 bits per heavy atom. The molecule has 0 aliphatic carbocycles. The summed E-state index contributed by atoms with van der Waals surface area (Å²) in [5.41, 5.74) is 3.02. The van der Waals surface area contributed by atoms with Gasteiger partial charge in [0.25, 0.3) is 5.91 Å². The van der Waals surface area contributed by atoms with Gasteiger partial charge in [-0.05, 0) is 37.1 Å². The molecule has 0 saturated carbocycles. The summed E-state index contributed by atoms with van der Waals surface area (Å²) in [6, 6.07) is 15.2. The van der Waals surface area contributed by atoms with Crippen LogP contribution in [0.25, 0.3) is 22.6 Å². The molecular weight excluding hydrogens is 292 g/mol. The predicted molar refractivity (Wildman–Crippen MR) is 87.0 cm³/mol. The lowest BCUT2D eigenvalue weighted by Crippen LogP contribution is -2.26. The first kappa shape index (κ1) is 14.0. The topological polar surface area (TPSA) is 64.4 Å². The zero-order chi connectivity index (χ0) is 15.6. The summed E-state index contributed by atoms with van der Waals surface area (Å²) in [4.78, 5) is 16.6. The minimum absolute atomic E-state index is 0.107. The standard InChI is InChI=1S/C18H16N2O3/c21-17(15-7-4-10-22-15)19-13-8-9-14-16(11-13)23-18(20-14)12-5-2-1-3-6-12/h1-3,5-6,8-9,11,15H,4,7,10H2,(H,19,21)/t15-/m0/s1. The molecule has 5 nitrogen and oxygen atoms in total. The number of nitrogens with one attached hydrogen (secondary N) is 1. The van der Waals surface area contributed by atoms with Crippen LogP contribution in [-0.4, -0.2) is 23.6 Å². The van der Waals surface area contributed by atoms with Gasteiger partial charge in [0.2, 0.25) is 5.89 Å². The maximum absolute atomic E-state index is 12.1. The summed E-state index contributed by atoms with van der Waals surface area (Å²) in [7, 11) is 0. The highest BCUT2D eigenvalue weighted by atomic mass is 16.5. The van der Waals surface area contributed by atoms with E-state index in [0.717, 1.165) is 23.9 Å². The summed E-state index contributed by atoms with van der Waals surface area (Å²) in [6.45, 7) is 0.652. The highest BCUT2D eigenvalue weighted by molar-refractivity contribution is 5.95. The van der Waals surface area contributed by atoms with Gasteiger partial charge in [0.05, 0.1) is 0 Å². The Morgan fingerprint density at radius 1 is 1.17 bits per heavy atom. The molecule has 4 rings (SSSR count). The second kappa shape index (κ2) is 5.85. The average Bonchev–Trinajstić information content (AvgIpc) is 3.25. The second-order valence-corrected chi connectivity index (χ2v) is 5.56. The molecule has 116 valence electrons. The van der Waals surface area contributed by atoms with E-state index in [0.29, 0.717) is 23.8 Å². The van der Waals surface area contributed by atoms with Crippen LogP contribution in [0.1, 0.15) is 12.8 Å². The van der Waals surface area contributed by atoms with E-state index in [1.165, 1.54) is 0 Å². The maximum atomic E-state index is 12.1. The molecule has 2 heterocycles. The zero-order valence-corrected chi connectivity index (χ0v) is 12.5. The van der Waals surface area contributed by atoms with Gasteiger partial charge in [-0.3, -0.25) is 4.79 Å². The summed E-state index contributed by atoms with van der Waals surface area (Å²) in [5, 5.41) is 2.87. The van der Waals surface area contributed by atoms with Crippen molar-refractivity contribution in [3.05, 3.63) is 48.5 Å². The lowest BCUT2D eigenvalue weighted by Gasteiger charge is -2.09. The first-order valence-electron chi connectivity index (χ1n) is 7.68. The smallest absolute Gasteiger partial charge is 0.253 e. The number of carbonyl (C=O) groups excluding carboxylic acids is 1. The number of fused-ring (bicyclic) bond motifs is 1. The van der Waals surface area contributed by atoms with E-state index in [1.54, 1.807) is 6.07 Å². The molecule has 1 saturated heterocycles. The quantitative estimate of drug-likeness (QED) is 0.802. The Hall–Kier alpha value is -2.66. The minimum atomic E-state index is -0.347. The Bertz CT molecular complexity index is 836. The van der Waals surface area contributed by atoms with Gasteiger partial charge >= 0.3 is 0 Å². The number of amides is 1. The summed E-state index contributed by atoms with van der Waals surface area (Å²) < 4.78 is 11.2. The number of anilines is 1. The van der Waals surface area contributed by atoms with Crippen LogP contribution in [0.15, 0.2) is 52.9 Å². The van der Waals surface area contributed by atoms with Gasteiger partial charge in [-0.15, -0.1) is 0 Å². The molecule has 1 fully saturated rings. The Morgan fingerprint density at radius 2 is 2.04 bits per heavy atom.